The molecular formula is C3H5N3O2. The molecule has 0 saturated heterocycles. The Morgan fingerprint density at radius 3 is 2.75 bits per heavy atom. The summed E-state index contributed by atoms with van der Waals surface area (Å²) in [5.74, 6) is 0. The first-order chi connectivity index (χ1) is 3.80. The zero-order valence-electron chi connectivity index (χ0n) is 4.15. The average Bonchev–Trinajstić information content (AvgIpc) is 2.12. The second-order valence-electron chi connectivity index (χ2n) is 1.54. The van der Waals surface area contributed by atoms with Gasteiger partial charge in [-0.1, -0.05) is 0 Å². The molecule has 0 amide bonds. The van der Waals surface area contributed by atoms with Crippen molar-refractivity contribution in [2.24, 2.45) is 10.2 Å². The van der Waals surface area contributed by atoms with Crippen molar-refractivity contribution in [3.05, 3.63) is 10.1 Å². The smallest absolute Gasteiger partial charge is 0.262 e. The van der Waals surface area contributed by atoms with Gasteiger partial charge in [-0.15, -0.1) is 5.11 Å². The fourth-order valence-electron chi connectivity index (χ4n) is 0.530. The van der Waals surface area contributed by atoms with Crippen molar-refractivity contribution in [3.63, 3.8) is 0 Å². The molecule has 0 aromatic heterocycles. The maximum Gasteiger partial charge on any atom is 0.322 e. The summed E-state index contributed by atoms with van der Waals surface area (Å²) < 4.78 is 0. The summed E-state index contributed by atoms with van der Waals surface area (Å²) in [6, 6.07) is 0. The average molecular weight is 115 g/mol. The van der Waals surface area contributed by atoms with Gasteiger partial charge >= 0.3 is 6.17 Å². The third kappa shape index (κ3) is 0.800. The Bertz CT molecular complexity index is 132. The van der Waals surface area contributed by atoms with Gasteiger partial charge in [0.1, 0.15) is 0 Å². The van der Waals surface area contributed by atoms with E-state index in [0.29, 0.717) is 13.0 Å². The number of rotatable bonds is 1. The van der Waals surface area contributed by atoms with E-state index in [-0.39, 0.29) is 0 Å². The third-order valence-electron chi connectivity index (χ3n) is 0.946. The molecule has 5 heteroatoms. The summed E-state index contributed by atoms with van der Waals surface area (Å²) >= 11 is 0. The van der Waals surface area contributed by atoms with Crippen LogP contribution in [0.3, 0.4) is 0 Å². The Morgan fingerprint density at radius 2 is 2.50 bits per heavy atom. The Morgan fingerprint density at radius 1 is 1.75 bits per heavy atom. The first kappa shape index (κ1) is 5.14. The van der Waals surface area contributed by atoms with Crippen LogP contribution in [-0.2, 0) is 0 Å². The van der Waals surface area contributed by atoms with Crippen LogP contribution in [0.2, 0.25) is 0 Å². The number of nitro groups is 1. The molecule has 0 aliphatic carbocycles. The summed E-state index contributed by atoms with van der Waals surface area (Å²) in [4.78, 5) is 9.43. The molecule has 1 rings (SSSR count). The van der Waals surface area contributed by atoms with Gasteiger partial charge in [0, 0.05) is 4.92 Å². The maximum atomic E-state index is 9.85. The Hall–Kier alpha value is -1.00. The predicted molar refractivity (Wildman–Crippen MR) is 25.1 cm³/mol. The Labute approximate surface area is 45.6 Å². The van der Waals surface area contributed by atoms with Gasteiger partial charge < -0.3 is 0 Å². The van der Waals surface area contributed by atoms with E-state index in [1.54, 1.807) is 0 Å². The summed E-state index contributed by atoms with van der Waals surface area (Å²) in [5, 5.41) is 16.7. The van der Waals surface area contributed by atoms with E-state index in [9.17, 15) is 10.1 Å². The van der Waals surface area contributed by atoms with Gasteiger partial charge in [0.2, 0.25) is 0 Å². The van der Waals surface area contributed by atoms with Crippen LogP contribution in [0.15, 0.2) is 10.2 Å². The lowest BCUT2D eigenvalue weighted by atomic mass is 10.4. The minimum absolute atomic E-state index is 0.420. The van der Waals surface area contributed by atoms with Gasteiger partial charge in [0.25, 0.3) is 0 Å². The minimum Gasteiger partial charge on any atom is -0.262 e. The number of azo groups is 1. The second kappa shape index (κ2) is 1.85. The van der Waals surface area contributed by atoms with E-state index in [2.05, 4.69) is 10.2 Å². The van der Waals surface area contributed by atoms with Gasteiger partial charge in [0.15, 0.2) is 0 Å². The monoisotopic (exact) mass is 115 g/mol. The van der Waals surface area contributed by atoms with E-state index in [0.717, 1.165) is 0 Å². The molecule has 1 atom stereocenters. The maximum absolute atomic E-state index is 9.85. The van der Waals surface area contributed by atoms with Crippen LogP contribution in [-0.4, -0.2) is 17.6 Å². The van der Waals surface area contributed by atoms with Gasteiger partial charge in [-0.3, -0.25) is 10.1 Å². The molecule has 0 N–H and O–H groups in total. The highest BCUT2D eigenvalue weighted by atomic mass is 16.6. The quantitative estimate of drug-likeness (QED) is 0.367. The molecule has 0 saturated carbocycles. The van der Waals surface area contributed by atoms with Crippen molar-refractivity contribution in [2.45, 2.75) is 12.6 Å². The zero-order valence-corrected chi connectivity index (χ0v) is 4.15. The van der Waals surface area contributed by atoms with Crippen molar-refractivity contribution in [3.8, 4) is 0 Å². The lowest BCUT2D eigenvalue weighted by Gasteiger charge is -1.90. The first-order valence-corrected chi connectivity index (χ1v) is 2.31. The predicted octanol–water partition coefficient (Wildman–Crippen LogP) is 0.445. The van der Waals surface area contributed by atoms with Crippen LogP contribution in [0.5, 0.6) is 0 Å². The summed E-state index contributed by atoms with van der Waals surface area (Å²) in [6.07, 6.45) is -0.289. The molecule has 1 unspecified atom stereocenters. The molecule has 5 nitrogen and oxygen atoms in total. The second-order valence-corrected chi connectivity index (χ2v) is 1.54. The lowest BCUT2D eigenvalue weighted by Crippen LogP contribution is -2.12. The van der Waals surface area contributed by atoms with E-state index in [1.165, 1.54) is 0 Å². The van der Waals surface area contributed by atoms with Crippen LogP contribution < -0.4 is 0 Å². The summed E-state index contributed by atoms with van der Waals surface area (Å²) in [6.45, 7) is 0.506. The highest BCUT2D eigenvalue weighted by Crippen LogP contribution is 2.06. The van der Waals surface area contributed by atoms with Gasteiger partial charge in [-0.05, 0) is 0 Å². The number of nitrogens with zero attached hydrogens (tertiary/aromatic N) is 3. The molecule has 0 fully saturated rings. The lowest BCUT2D eigenvalue weighted by molar-refractivity contribution is -0.519. The van der Waals surface area contributed by atoms with Gasteiger partial charge in [0.05, 0.1) is 13.0 Å². The van der Waals surface area contributed by atoms with E-state index >= 15 is 0 Å². The third-order valence-corrected chi connectivity index (χ3v) is 0.946. The van der Waals surface area contributed by atoms with Crippen molar-refractivity contribution < 1.29 is 4.92 Å². The van der Waals surface area contributed by atoms with Crippen molar-refractivity contribution in [2.75, 3.05) is 6.54 Å². The van der Waals surface area contributed by atoms with E-state index in [1.807, 2.05) is 0 Å². The largest absolute Gasteiger partial charge is 0.322 e. The molecule has 0 bridgehead atoms. The first-order valence-electron chi connectivity index (χ1n) is 2.31. The number of hydrogen-bond donors (Lipinski definition) is 0. The van der Waals surface area contributed by atoms with Crippen LogP contribution in [0, 0.1) is 10.1 Å². The van der Waals surface area contributed by atoms with Crippen molar-refractivity contribution >= 4 is 0 Å². The van der Waals surface area contributed by atoms with Crippen LogP contribution >= 0.6 is 0 Å². The molecule has 1 aliphatic rings. The topological polar surface area (TPSA) is 67.9 Å². The molecule has 44 valence electrons. The fraction of sp³-hybridized carbons (Fsp3) is 1.00. The van der Waals surface area contributed by atoms with E-state index in [4.69, 9.17) is 0 Å². The molecule has 0 spiro atoms. The minimum atomic E-state index is -0.755. The van der Waals surface area contributed by atoms with Crippen molar-refractivity contribution in [1.29, 1.82) is 0 Å². The highest BCUT2D eigenvalue weighted by molar-refractivity contribution is 4.58. The van der Waals surface area contributed by atoms with Gasteiger partial charge in [-0.25, -0.2) is 0 Å². The molecule has 0 aromatic carbocycles. The molecule has 0 radical (unpaired) electrons. The Balaban J connectivity index is 2.48. The van der Waals surface area contributed by atoms with Crippen LogP contribution in [0.4, 0.5) is 0 Å². The molecular weight excluding hydrogens is 110 g/mol. The SMILES string of the molecule is O=[N+]([O-])C1CCN=N1. The Kier molecular flexibility index (Phi) is 1.19. The standard InChI is InChI=1S/C3H5N3O2/c7-6(8)3-1-2-4-5-3/h3H,1-2H2. The van der Waals surface area contributed by atoms with Crippen molar-refractivity contribution in [1.82, 2.24) is 0 Å². The normalized spacial score (nSPS) is 26.2. The van der Waals surface area contributed by atoms with Crippen LogP contribution in [0.25, 0.3) is 0 Å². The number of hydrogen-bond acceptors (Lipinski definition) is 4. The summed E-state index contributed by atoms with van der Waals surface area (Å²) in [5.41, 5.74) is 0. The fourth-order valence-corrected chi connectivity index (χ4v) is 0.530. The zero-order chi connectivity index (χ0) is 5.98. The molecule has 1 heterocycles. The molecule has 8 heavy (non-hydrogen) atoms. The van der Waals surface area contributed by atoms with Gasteiger partial charge in [-0.2, -0.15) is 5.11 Å². The molecule has 1 aliphatic heterocycles. The van der Waals surface area contributed by atoms with Crippen LogP contribution in [0.1, 0.15) is 6.42 Å². The van der Waals surface area contributed by atoms with E-state index < -0.39 is 11.1 Å². The summed E-state index contributed by atoms with van der Waals surface area (Å²) in [7, 11) is 0. The highest BCUT2D eigenvalue weighted by Gasteiger charge is 2.21. The molecule has 0 aromatic rings.